The number of hydrogen-bond acceptors (Lipinski definition) is 3. The van der Waals surface area contributed by atoms with Gasteiger partial charge in [-0.3, -0.25) is 4.98 Å². The summed E-state index contributed by atoms with van der Waals surface area (Å²) in [6.07, 6.45) is 3.34. The van der Waals surface area contributed by atoms with Crippen molar-refractivity contribution in [2.45, 2.75) is 6.61 Å². The summed E-state index contributed by atoms with van der Waals surface area (Å²) in [7, 11) is 0. The van der Waals surface area contributed by atoms with Crippen LogP contribution in [0.3, 0.4) is 0 Å². The molecule has 0 unspecified atom stereocenters. The largest absolute Gasteiger partial charge is 0.392 e. The molecule has 0 atom stereocenters. The predicted molar refractivity (Wildman–Crippen MR) is 65.2 cm³/mol. The standard InChI is InChI=1S/C13H11N3O/c17-8-9-1-3-10(4-2-9)11-7-12-13(16-11)15-6-5-14-12/h1-7,17H,8H2,(H,15,16). The molecule has 0 bridgehead atoms. The molecule has 0 aliphatic heterocycles. The normalized spacial score (nSPS) is 10.9. The van der Waals surface area contributed by atoms with E-state index in [4.69, 9.17) is 5.11 Å². The first kappa shape index (κ1) is 9.99. The van der Waals surface area contributed by atoms with Crippen molar-refractivity contribution in [1.82, 2.24) is 15.0 Å². The van der Waals surface area contributed by atoms with E-state index in [1.165, 1.54) is 0 Å². The molecule has 2 N–H and O–H groups in total. The zero-order valence-corrected chi connectivity index (χ0v) is 9.09. The number of H-pyrrole nitrogens is 1. The quantitative estimate of drug-likeness (QED) is 0.702. The van der Waals surface area contributed by atoms with E-state index in [2.05, 4.69) is 15.0 Å². The first-order chi connectivity index (χ1) is 8.36. The Morgan fingerprint density at radius 1 is 1.06 bits per heavy atom. The Morgan fingerprint density at radius 3 is 2.53 bits per heavy atom. The fraction of sp³-hybridized carbons (Fsp3) is 0.0769. The van der Waals surface area contributed by atoms with Crippen molar-refractivity contribution in [2.24, 2.45) is 0 Å². The Balaban J connectivity index is 2.07. The number of rotatable bonds is 2. The highest BCUT2D eigenvalue weighted by Gasteiger charge is 2.04. The van der Waals surface area contributed by atoms with Gasteiger partial charge in [-0.2, -0.15) is 0 Å². The van der Waals surface area contributed by atoms with Crippen molar-refractivity contribution in [3.63, 3.8) is 0 Å². The van der Waals surface area contributed by atoms with Crippen LogP contribution in [0.4, 0.5) is 0 Å². The lowest BCUT2D eigenvalue weighted by atomic mass is 10.1. The second-order valence-electron chi connectivity index (χ2n) is 3.83. The van der Waals surface area contributed by atoms with Crippen LogP contribution < -0.4 is 0 Å². The lowest BCUT2D eigenvalue weighted by Crippen LogP contribution is -1.83. The Kier molecular flexibility index (Phi) is 2.34. The van der Waals surface area contributed by atoms with Crippen LogP contribution >= 0.6 is 0 Å². The van der Waals surface area contributed by atoms with E-state index in [1.54, 1.807) is 12.4 Å². The number of aromatic amines is 1. The van der Waals surface area contributed by atoms with E-state index in [9.17, 15) is 0 Å². The number of aliphatic hydroxyl groups excluding tert-OH is 1. The van der Waals surface area contributed by atoms with E-state index in [0.717, 1.165) is 28.0 Å². The van der Waals surface area contributed by atoms with Crippen molar-refractivity contribution in [3.05, 3.63) is 48.3 Å². The third kappa shape index (κ3) is 1.79. The molecule has 0 radical (unpaired) electrons. The van der Waals surface area contributed by atoms with Gasteiger partial charge in [0.25, 0.3) is 0 Å². The molecule has 17 heavy (non-hydrogen) atoms. The highest BCUT2D eigenvalue weighted by atomic mass is 16.3. The maximum Gasteiger partial charge on any atom is 0.156 e. The maximum atomic E-state index is 8.99. The molecule has 4 heteroatoms. The average Bonchev–Trinajstić information content (AvgIpc) is 2.82. The summed E-state index contributed by atoms with van der Waals surface area (Å²) < 4.78 is 0. The van der Waals surface area contributed by atoms with Crippen LogP contribution in [0.2, 0.25) is 0 Å². The van der Waals surface area contributed by atoms with Crippen molar-refractivity contribution in [1.29, 1.82) is 0 Å². The minimum Gasteiger partial charge on any atom is -0.392 e. The van der Waals surface area contributed by atoms with Crippen LogP contribution in [-0.4, -0.2) is 20.1 Å². The zero-order chi connectivity index (χ0) is 11.7. The van der Waals surface area contributed by atoms with Gasteiger partial charge < -0.3 is 10.1 Å². The molecule has 3 aromatic rings. The highest BCUT2D eigenvalue weighted by Crippen LogP contribution is 2.21. The van der Waals surface area contributed by atoms with E-state index in [-0.39, 0.29) is 6.61 Å². The smallest absolute Gasteiger partial charge is 0.156 e. The molecule has 84 valence electrons. The molecule has 2 aromatic heterocycles. The Morgan fingerprint density at radius 2 is 1.82 bits per heavy atom. The van der Waals surface area contributed by atoms with Gasteiger partial charge in [0.2, 0.25) is 0 Å². The van der Waals surface area contributed by atoms with Gasteiger partial charge in [-0.25, -0.2) is 4.98 Å². The lowest BCUT2D eigenvalue weighted by molar-refractivity contribution is 0.282. The van der Waals surface area contributed by atoms with Crippen molar-refractivity contribution in [3.8, 4) is 11.3 Å². The van der Waals surface area contributed by atoms with Crippen LogP contribution in [0.1, 0.15) is 5.56 Å². The fourth-order valence-corrected chi connectivity index (χ4v) is 1.80. The summed E-state index contributed by atoms with van der Waals surface area (Å²) in [5.74, 6) is 0. The molecule has 0 fully saturated rings. The Bertz CT molecular complexity index is 610. The number of nitrogens with zero attached hydrogens (tertiary/aromatic N) is 2. The molecule has 4 nitrogen and oxygen atoms in total. The summed E-state index contributed by atoms with van der Waals surface area (Å²) in [4.78, 5) is 11.6. The fourth-order valence-electron chi connectivity index (χ4n) is 1.80. The van der Waals surface area contributed by atoms with Gasteiger partial charge in [-0.1, -0.05) is 24.3 Å². The summed E-state index contributed by atoms with van der Waals surface area (Å²) >= 11 is 0. The van der Waals surface area contributed by atoms with Gasteiger partial charge in [-0.05, 0) is 17.2 Å². The molecular formula is C13H11N3O. The molecule has 1 aromatic carbocycles. The Hall–Kier alpha value is -2.20. The van der Waals surface area contributed by atoms with E-state index < -0.39 is 0 Å². The molecular weight excluding hydrogens is 214 g/mol. The van der Waals surface area contributed by atoms with E-state index in [1.807, 2.05) is 30.3 Å². The Labute approximate surface area is 98.0 Å². The first-order valence-electron chi connectivity index (χ1n) is 5.37. The number of nitrogens with one attached hydrogen (secondary N) is 1. The van der Waals surface area contributed by atoms with Crippen molar-refractivity contribution in [2.75, 3.05) is 0 Å². The first-order valence-corrected chi connectivity index (χ1v) is 5.37. The maximum absolute atomic E-state index is 8.99. The molecule has 3 rings (SSSR count). The van der Waals surface area contributed by atoms with Gasteiger partial charge in [0.15, 0.2) is 5.65 Å². The topological polar surface area (TPSA) is 61.8 Å². The SMILES string of the molecule is OCc1ccc(-c2cc3nccnc3[nH]2)cc1. The van der Waals surface area contributed by atoms with Crippen LogP contribution in [0, 0.1) is 0 Å². The third-order valence-corrected chi connectivity index (χ3v) is 2.71. The molecule has 0 aliphatic rings. The number of aliphatic hydroxyl groups is 1. The molecule has 0 aliphatic carbocycles. The minimum atomic E-state index is 0.0656. The number of fused-ring (bicyclic) bond motifs is 1. The molecule has 0 amide bonds. The van der Waals surface area contributed by atoms with Gasteiger partial charge in [0.05, 0.1) is 6.61 Å². The zero-order valence-electron chi connectivity index (χ0n) is 9.09. The van der Waals surface area contributed by atoms with Gasteiger partial charge in [-0.15, -0.1) is 0 Å². The molecule has 0 saturated heterocycles. The molecule has 0 spiro atoms. The minimum absolute atomic E-state index is 0.0656. The third-order valence-electron chi connectivity index (χ3n) is 2.71. The van der Waals surface area contributed by atoms with Gasteiger partial charge in [0.1, 0.15) is 5.52 Å². The van der Waals surface area contributed by atoms with Gasteiger partial charge in [0, 0.05) is 18.1 Å². The summed E-state index contributed by atoms with van der Waals surface area (Å²) in [5, 5.41) is 8.99. The van der Waals surface area contributed by atoms with E-state index >= 15 is 0 Å². The average molecular weight is 225 g/mol. The number of aromatic nitrogens is 3. The van der Waals surface area contributed by atoms with Crippen LogP contribution in [-0.2, 0) is 6.61 Å². The summed E-state index contributed by atoms with van der Waals surface area (Å²) in [6, 6.07) is 9.71. The van der Waals surface area contributed by atoms with Crippen molar-refractivity contribution < 1.29 is 5.11 Å². The van der Waals surface area contributed by atoms with Crippen LogP contribution in [0.25, 0.3) is 22.4 Å². The highest BCUT2D eigenvalue weighted by molar-refractivity contribution is 5.79. The second-order valence-corrected chi connectivity index (χ2v) is 3.83. The number of hydrogen-bond donors (Lipinski definition) is 2. The summed E-state index contributed by atoms with van der Waals surface area (Å²) in [5.41, 5.74) is 4.58. The van der Waals surface area contributed by atoms with Gasteiger partial charge >= 0.3 is 0 Å². The molecule has 0 saturated carbocycles. The monoisotopic (exact) mass is 225 g/mol. The summed E-state index contributed by atoms with van der Waals surface area (Å²) in [6.45, 7) is 0.0656. The second kappa shape index (κ2) is 3.99. The van der Waals surface area contributed by atoms with Crippen LogP contribution in [0.15, 0.2) is 42.7 Å². The molecule has 2 heterocycles. The van der Waals surface area contributed by atoms with E-state index in [0.29, 0.717) is 0 Å². The van der Waals surface area contributed by atoms with Crippen molar-refractivity contribution >= 4 is 11.2 Å². The lowest BCUT2D eigenvalue weighted by Gasteiger charge is -1.99. The van der Waals surface area contributed by atoms with Crippen LogP contribution in [0.5, 0.6) is 0 Å². The predicted octanol–water partition coefficient (Wildman–Crippen LogP) is 2.12. The number of benzene rings is 1.